The van der Waals surface area contributed by atoms with Crippen molar-refractivity contribution in [3.8, 4) is 11.3 Å². The van der Waals surface area contributed by atoms with Crippen molar-refractivity contribution in [2.75, 3.05) is 27.9 Å². The quantitative estimate of drug-likeness (QED) is 0.130. The molecule has 1 aromatic heterocycles. The number of cyclic esters (lactones) is 1. The number of hydrogen-bond acceptors (Lipinski definition) is 16. The topological polar surface area (TPSA) is 266 Å². The van der Waals surface area contributed by atoms with E-state index in [0.717, 1.165) is 12.0 Å². The summed E-state index contributed by atoms with van der Waals surface area (Å²) >= 11 is 0. The van der Waals surface area contributed by atoms with Gasteiger partial charge in [0.2, 0.25) is 15.8 Å². The molecule has 4 N–H and O–H groups in total. The third kappa shape index (κ3) is 15.9. The molecular weight excluding hydrogens is 1030 g/mol. The number of hydrogen-bond donors (Lipinski definition) is 3. The molecular formula is C59H85N5O14S. The highest BCUT2D eigenvalue weighted by Gasteiger charge is 2.53. The molecule has 3 aliphatic heterocycles. The number of nitrogens with zero attached hydrogens (tertiary/aromatic N) is 4. The number of allylic oxidation sites excluding steroid dienone is 6. The van der Waals surface area contributed by atoms with E-state index in [-0.39, 0.29) is 59.8 Å². The molecule has 4 aliphatic rings. The van der Waals surface area contributed by atoms with E-state index in [1.165, 1.54) is 24.1 Å². The van der Waals surface area contributed by atoms with Crippen molar-refractivity contribution >= 4 is 39.2 Å². The Morgan fingerprint density at radius 1 is 0.873 bits per heavy atom. The molecule has 1 aliphatic carbocycles. The number of carbonyl (C=O) groups is 5. The molecule has 2 aromatic rings. The van der Waals surface area contributed by atoms with Gasteiger partial charge >= 0.3 is 5.97 Å². The van der Waals surface area contributed by atoms with E-state index < -0.39 is 93.7 Å². The number of aliphatic hydroxyl groups excluding tert-OH is 1. The predicted octanol–water partition coefficient (Wildman–Crippen LogP) is 6.97. The minimum absolute atomic E-state index is 0.00462. The minimum atomic E-state index is -3.87. The third-order valence-electron chi connectivity index (χ3n) is 16.8. The number of aliphatic hydroxyl groups is 2. The summed E-state index contributed by atoms with van der Waals surface area (Å²) in [6, 6.07) is 4.69. The van der Waals surface area contributed by atoms with E-state index in [1.807, 2.05) is 51.2 Å². The Hall–Kier alpha value is -5.06. The first kappa shape index (κ1) is 63.1. The first-order valence-electron chi connectivity index (χ1n) is 27.9. The maximum Gasteiger partial charge on any atom is 0.329 e. The second-order valence-electron chi connectivity index (χ2n) is 22.7. The molecule has 1 aromatic carbocycles. The average molecular weight is 1120 g/mol. The summed E-state index contributed by atoms with van der Waals surface area (Å²) in [5.74, 6) is -8.37. The number of carbonyl (C=O) groups excluding carboxylic acids is 5. The van der Waals surface area contributed by atoms with Crippen LogP contribution in [-0.4, -0.2) is 144 Å². The number of sulfonamides is 1. The molecule has 0 unspecified atom stereocenters. The van der Waals surface area contributed by atoms with E-state index in [0.29, 0.717) is 74.6 Å². The number of aromatic nitrogens is 3. The molecule has 2 saturated heterocycles. The van der Waals surface area contributed by atoms with Gasteiger partial charge in [-0.05, 0) is 119 Å². The maximum absolute atomic E-state index is 14.7. The Labute approximate surface area is 466 Å². The summed E-state index contributed by atoms with van der Waals surface area (Å²) in [4.78, 5) is 72.9. The van der Waals surface area contributed by atoms with Crippen LogP contribution in [0.1, 0.15) is 132 Å². The lowest BCUT2D eigenvalue weighted by atomic mass is 9.77. The summed E-state index contributed by atoms with van der Waals surface area (Å²) in [5.41, 5.74) is 2.42. The van der Waals surface area contributed by atoms with Gasteiger partial charge in [-0.15, -0.1) is 5.10 Å². The fraction of sp³-hybridized carbons (Fsp3) is 0.644. The van der Waals surface area contributed by atoms with E-state index in [4.69, 9.17) is 28.8 Å². The zero-order chi connectivity index (χ0) is 57.9. The predicted molar refractivity (Wildman–Crippen MR) is 295 cm³/mol. The van der Waals surface area contributed by atoms with Crippen LogP contribution in [0, 0.1) is 35.5 Å². The van der Waals surface area contributed by atoms with E-state index in [9.17, 15) is 42.6 Å². The van der Waals surface area contributed by atoms with Crippen molar-refractivity contribution in [1.29, 1.82) is 0 Å². The van der Waals surface area contributed by atoms with Crippen molar-refractivity contribution in [1.82, 2.24) is 19.9 Å². The van der Waals surface area contributed by atoms with Crippen molar-refractivity contribution in [3.05, 3.63) is 78.1 Å². The van der Waals surface area contributed by atoms with Crippen LogP contribution < -0.4 is 5.14 Å². The number of benzene rings is 1. The van der Waals surface area contributed by atoms with Gasteiger partial charge in [0.05, 0.1) is 35.4 Å². The molecule has 1 amide bonds. The van der Waals surface area contributed by atoms with Crippen LogP contribution in [0.2, 0.25) is 0 Å². The lowest BCUT2D eigenvalue weighted by Crippen LogP contribution is -2.61. The fourth-order valence-electron chi connectivity index (χ4n) is 11.8. The second-order valence-corrected chi connectivity index (χ2v) is 24.3. The Morgan fingerprint density at radius 2 is 1.59 bits per heavy atom. The van der Waals surface area contributed by atoms with E-state index in [1.54, 1.807) is 71.0 Å². The van der Waals surface area contributed by atoms with Crippen LogP contribution in [0.5, 0.6) is 0 Å². The van der Waals surface area contributed by atoms with Crippen LogP contribution in [-0.2, 0) is 57.7 Å². The van der Waals surface area contributed by atoms with Gasteiger partial charge in [-0.3, -0.25) is 19.2 Å². The van der Waals surface area contributed by atoms with Gasteiger partial charge in [0.1, 0.15) is 35.8 Å². The molecule has 1 saturated carbocycles. The number of ketones is 3. The van der Waals surface area contributed by atoms with Crippen LogP contribution >= 0.6 is 0 Å². The fourth-order valence-corrected chi connectivity index (χ4v) is 12.3. The smallest absolute Gasteiger partial charge is 0.329 e. The Bertz CT molecular complexity index is 2690. The highest BCUT2D eigenvalue weighted by molar-refractivity contribution is 7.89. The van der Waals surface area contributed by atoms with Gasteiger partial charge in [0.15, 0.2) is 5.78 Å². The van der Waals surface area contributed by atoms with Crippen molar-refractivity contribution in [2.24, 2.45) is 40.6 Å². The molecule has 2 bridgehead atoms. The number of piperidine rings is 1. The van der Waals surface area contributed by atoms with Gasteiger partial charge in [-0.1, -0.05) is 88.4 Å². The molecule has 79 heavy (non-hydrogen) atoms. The van der Waals surface area contributed by atoms with Crippen molar-refractivity contribution in [3.63, 3.8) is 0 Å². The summed E-state index contributed by atoms with van der Waals surface area (Å²) < 4.78 is 55.5. The lowest BCUT2D eigenvalue weighted by molar-refractivity contribution is -0.265. The monoisotopic (exact) mass is 1120 g/mol. The molecule has 3 fully saturated rings. The highest BCUT2D eigenvalue weighted by Crippen LogP contribution is 2.40. The molecule has 436 valence electrons. The Kier molecular flexibility index (Phi) is 22.4. The summed E-state index contributed by atoms with van der Waals surface area (Å²) in [6.45, 7) is 12.7. The third-order valence-corrected chi connectivity index (χ3v) is 17.7. The zero-order valence-corrected chi connectivity index (χ0v) is 48.5. The Morgan fingerprint density at radius 3 is 2.27 bits per heavy atom. The minimum Gasteiger partial charge on any atom is -0.460 e. The zero-order valence-electron chi connectivity index (χ0n) is 47.7. The lowest BCUT2D eigenvalue weighted by Gasteiger charge is -2.42. The second kappa shape index (κ2) is 28.1. The number of nitrogens with two attached hydrogens (primary N) is 1. The number of rotatable bonds is 9. The number of Topliss-reactive ketones (excluding diaryl/α,β-unsaturated/α-hetero) is 3. The molecule has 20 heteroatoms. The summed E-state index contributed by atoms with van der Waals surface area (Å²) in [5, 5.41) is 37.7. The van der Waals surface area contributed by atoms with E-state index in [2.05, 4.69) is 10.3 Å². The van der Waals surface area contributed by atoms with Crippen LogP contribution in [0.25, 0.3) is 11.3 Å². The number of ether oxygens (including phenoxy) is 5. The SMILES string of the molecule is CO[C@H]1C[C@@H]2CC[C@@H](C)[C@@](O)(O2)C(=O)C(=O)N2CCCC[C@H]2C(=O)O[C@H]([C@H](C)C[C@@H]2CC[C@H](n3cc(-c4ccc(S(N)(=O)=O)cc4)nn3)[C@H](OC)C2)CC(=O)[C@H](C)/C=C(\C)[C@@H](O)[C@@H](OC)C(=O)[C@H](C)C[C@H](C)/C=C/C=C/C=C/1C. The molecule has 6 rings (SSSR count). The van der Waals surface area contributed by atoms with E-state index >= 15 is 0 Å². The number of fused-ring (bicyclic) bond motifs is 3. The first-order valence-corrected chi connectivity index (χ1v) is 29.5. The number of esters is 1. The van der Waals surface area contributed by atoms with Gasteiger partial charge in [0, 0.05) is 64.0 Å². The number of primary sulfonamides is 1. The number of methoxy groups -OCH3 is 3. The highest BCUT2D eigenvalue weighted by atomic mass is 32.2. The molecule has 0 spiro atoms. The van der Waals surface area contributed by atoms with Gasteiger partial charge in [-0.2, -0.15) is 0 Å². The first-order chi connectivity index (χ1) is 37.4. The standard InChI is InChI=1S/C59H85N5O14S/c1-35-16-12-11-13-17-36(2)50(74-8)32-44-23-19-41(7)59(71,78-44)56(68)57(69)63-27-15-14-18-48(63)58(70)77-51(33-49(65)37(3)29-40(6)54(67)55(76-10)53(66)39(5)28-35)38(4)30-42-20-26-47(52(31-42)75-9)64-34-46(61-62-64)43-21-24-45(25-22-43)79(60,72)73/h11-13,16-17,21-22,24-25,29,34-35,37-39,41-42,44,47-48,50-52,54-55,67,71H,14-15,18-20,23,26-28,30-33H2,1-10H3,(H2,60,72,73)/b13-11+,16-12+,36-17+,40-29+/t35-,37-,38-,39-,41-,42+,44+,47+,48+,50+,51+,52-,54-,55+,59-/m1/s1. The van der Waals surface area contributed by atoms with Crippen LogP contribution in [0.15, 0.2) is 83.0 Å². The molecule has 15 atom stereocenters. The van der Waals surface area contributed by atoms with Crippen molar-refractivity contribution < 1.29 is 66.3 Å². The maximum atomic E-state index is 14.7. The molecule has 4 heterocycles. The van der Waals surface area contributed by atoms with Gasteiger partial charge in [0.25, 0.3) is 11.7 Å². The normalized spacial score (nSPS) is 35.5. The largest absolute Gasteiger partial charge is 0.460 e. The summed E-state index contributed by atoms with van der Waals surface area (Å²) in [6.07, 6.45) is 13.2. The Balaban J connectivity index is 1.27. The van der Waals surface area contributed by atoms with Gasteiger partial charge in [-0.25, -0.2) is 23.0 Å². The average Bonchev–Trinajstić information content (AvgIpc) is 4.00. The molecule has 0 radical (unpaired) electrons. The summed E-state index contributed by atoms with van der Waals surface area (Å²) in [7, 11) is 0.697. The number of amides is 1. The van der Waals surface area contributed by atoms with Gasteiger partial charge < -0.3 is 38.8 Å². The van der Waals surface area contributed by atoms with Crippen LogP contribution in [0.3, 0.4) is 0 Å². The van der Waals surface area contributed by atoms with Crippen LogP contribution in [0.4, 0.5) is 0 Å². The molecule has 19 nitrogen and oxygen atoms in total. The van der Waals surface area contributed by atoms with Crippen molar-refractivity contribution in [2.45, 2.75) is 185 Å².